The number of amides is 2. The molecule has 1 saturated heterocycles. The summed E-state index contributed by atoms with van der Waals surface area (Å²) >= 11 is 0. The summed E-state index contributed by atoms with van der Waals surface area (Å²) < 4.78 is 13.6. The lowest BCUT2D eigenvalue weighted by Crippen LogP contribution is -2.67. The summed E-state index contributed by atoms with van der Waals surface area (Å²) in [4.78, 5) is 26.9. The molecule has 1 aliphatic rings. The van der Waals surface area contributed by atoms with E-state index in [4.69, 9.17) is 5.11 Å². The number of rotatable bonds is 2. The molecular formula is C7H11FN2O4. The van der Waals surface area contributed by atoms with Crippen molar-refractivity contribution in [3.8, 4) is 0 Å². The summed E-state index contributed by atoms with van der Waals surface area (Å²) in [6.45, 7) is -0.871. The number of carboxylic acid groups (broad SMARTS) is 1. The van der Waals surface area contributed by atoms with Crippen molar-refractivity contribution in [1.29, 1.82) is 0 Å². The first-order valence-electron chi connectivity index (χ1n) is 3.90. The quantitative estimate of drug-likeness (QED) is 0.630. The highest BCUT2D eigenvalue weighted by Gasteiger charge is 2.53. The van der Waals surface area contributed by atoms with Gasteiger partial charge in [0.25, 0.3) is 5.91 Å². The highest BCUT2D eigenvalue weighted by molar-refractivity contribution is 5.87. The number of carbonyl (C=O) groups is 2. The fraction of sp³-hybridized carbons (Fsp3) is 0.714. The predicted octanol–water partition coefficient (Wildman–Crippen LogP) is -0.292. The summed E-state index contributed by atoms with van der Waals surface area (Å²) in [6.07, 6.45) is -1.23. The van der Waals surface area contributed by atoms with Gasteiger partial charge in [0.1, 0.15) is 0 Å². The van der Waals surface area contributed by atoms with Crippen LogP contribution in [-0.2, 0) is 9.63 Å². The Hall–Kier alpha value is -1.37. The van der Waals surface area contributed by atoms with Crippen molar-refractivity contribution < 1.29 is 23.9 Å². The van der Waals surface area contributed by atoms with Crippen LogP contribution in [-0.4, -0.2) is 60.0 Å². The monoisotopic (exact) mass is 206 g/mol. The molecule has 14 heavy (non-hydrogen) atoms. The maximum Gasteiger partial charge on any atom is 0.407 e. The molecule has 1 rings (SSSR count). The van der Waals surface area contributed by atoms with Crippen LogP contribution >= 0.6 is 0 Å². The third-order valence-corrected chi connectivity index (χ3v) is 2.10. The number of hydroxylamine groups is 2. The minimum absolute atomic E-state index is 0.436. The van der Waals surface area contributed by atoms with E-state index in [0.29, 0.717) is 0 Å². The van der Waals surface area contributed by atoms with E-state index in [1.807, 2.05) is 0 Å². The Bertz CT molecular complexity index is 264. The van der Waals surface area contributed by atoms with Gasteiger partial charge in [0.05, 0.1) is 20.2 Å². The van der Waals surface area contributed by atoms with Crippen molar-refractivity contribution in [2.45, 2.75) is 5.67 Å². The van der Waals surface area contributed by atoms with Gasteiger partial charge in [0.15, 0.2) is 0 Å². The van der Waals surface area contributed by atoms with Gasteiger partial charge in [-0.15, -0.1) is 0 Å². The Morgan fingerprint density at radius 1 is 1.57 bits per heavy atom. The van der Waals surface area contributed by atoms with Gasteiger partial charge in [0.2, 0.25) is 5.67 Å². The maximum atomic E-state index is 13.6. The van der Waals surface area contributed by atoms with Crippen molar-refractivity contribution in [2.24, 2.45) is 0 Å². The Labute approximate surface area is 79.8 Å². The Morgan fingerprint density at radius 2 is 2.07 bits per heavy atom. The van der Waals surface area contributed by atoms with E-state index in [2.05, 4.69) is 4.84 Å². The number of halogens is 1. The third kappa shape index (κ3) is 1.63. The first kappa shape index (κ1) is 10.7. The van der Waals surface area contributed by atoms with E-state index in [1.54, 1.807) is 0 Å². The topological polar surface area (TPSA) is 70.1 Å². The van der Waals surface area contributed by atoms with Gasteiger partial charge in [0, 0.05) is 7.05 Å². The smallest absolute Gasteiger partial charge is 0.407 e. The zero-order valence-corrected chi connectivity index (χ0v) is 7.86. The minimum Gasteiger partial charge on any atom is -0.465 e. The van der Waals surface area contributed by atoms with Crippen LogP contribution < -0.4 is 0 Å². The Balaban J connectivity index is 2.55. The average Bonchev–Trinajstić information content (AvgIpc) is 2.09. The van der Waals surface area contributed by atoms with Crippen molar-refractivity contribution >= 4 is 12.0 Å². The van der Waals surface area contributed by atoms with Crippen LogP contribution in [0.5, 0.6) is 0 Å². The van der Waals surface area contributed by atoms with Gasteiger partial charge in [-0.2, -0.15) is 0 Å². The summed E-state index contributed by atoms with van der Waals surface area (Å²) in [7, 11) is 2.50. The van der Waals surface area contributed by atoms with E-state index in [9.17, 15) is 14.0 Å². The van der Waals surface area contributed by atoms with E-state index in [0.717, 1.165) is 9.96 Å². The molecule has 2 amide bonds. The van der Waals surface area contributed by atoms with Crippen LogP contribution in [0.3, 0.4) is 0 Å². The number of hydrogen-bond acceptors (Lipinski definition) is 3. The molecule has 80 valence electrons. The second kappa shape index (κ2) is 3.41. The number of likely N-dealkylation sites (tertiary alicyclic amines) is 1. The molecule has 0 bridgehead atoms. The van der Waals surface area contributed by atoms with Crippen molar-refractivity contribution in [3.05, 3.63) is 0 Å². The average molecular weight is 206 g/mol. The second-order valence-corrected chi connectivity index (χ2v) is 3.09. The molecule has 6 nitrogen and oxygen atoms in total. The molecule has 0 saturated carbocycles. The minimum atomic E-state index is -2.14. The Morgan fingerprint density at radius 3 is 2.43 bits per heavy atom. The summed E-state index contributed by atoms with van der Waals surface area (Å²) in [5, 5.41) is 9.20. The molecule has 0 unspecified atom stereocenters. The largest absolute Gasteiger partial charge is 0.465 e. The molecule has 0 aliphatic carbocycles. The van der Waals surface area contributed by atoms with Crippen LogP contribution in [0, 0.1) is 0 Å². The van der Waals surface area contributed by atoms with Crippen LogP contribution in [0.25, 0.3) is 0 Å². The fourth-order valence-electron chi connectivity index (χ4n) is 1.19. The van der Waals surface area contributed by atoms with Gasteiger partial charge in [-0.05, 0) is 0 Å². The van der Waals surface area contributed by atoms with Crippen LogP contribution in [0.15, 0.2) is 0 Å². The number of hydrogen-bond donors (Lipinski definition) is 1. The predicted molar refractivity (Wildman–Crippen MR) is 43.2 cm³/mol. The zero-order valence-electron chi connectivity index (χ0n) is 7.86. The fourth-order valence-corrected chi connectivity index (χ4v) is 1.19. The lowest BCUT2D eigenvalue weighted by molar-refractivity contribution is -0.190. The maximum absolute atomic E-state index is 13.6. The molecule has 0 aromatic heterocycles. The van der Waals surface area contributed by atoms with Crippen LogP contribution in [0.2, 0.25) is 0 Å². The summed E-state index contributed by atoms with van der Waals surface area (Å²) in [6, 6.07) is 0. The molecule has 1 N–H and O–H groups in total. The van der Waals surface area contributed by atoms with Gasteiger partial charge in [-0.1, -0.05) is 0 Å². The van der Waals surface area contributed by atoms with E-state index < -0.39 is 30.8 Å². The molecule has 7 heteroatoms. The number of nitrogens with zero attached hydrogens (tertiary/aromatic N) is 2. The third-order valence-electron chi connectivity index (χ3n) is 2.10. The van der Waals surface area contributed by atoms with Crippen LogP contribution in [0.4, 0.5) is 9.18 Å². The first-order chi connectivity index (χ1) is 6.40. The van der Waals surface area contributed by atoms with Gasteiger partial charge >= 0.3 is 6.09 Å². The zero-order chi connectivity index (χ0) is 10.9. The molecule has 0 radical (unpaired) electrons. The second-order valence-electron chi connectivity index (χ2n) is 3.09. The molecule has 1 aliphatic heterocycles. The molecule has 1 fully saturated rings. The lowest BCUT2D eigenvalue weighted by atomic mass is 9.96. The van der Waals surface area contributed by atoms with Gasteiger partial charge in [-0.3, -0.25) is 9.63 Å². The molecule has 0 spiro atoms. The molecule has 0 atom stereocenters. The molecular weight excluding hydrogens is 195 g/mol. The molecule has 0 aromatic carbocycles. The first-order valence-corrected chi connectivity index (χ1v) is 3.90. The SMILES string of the molecule is CON(C)C(=O)C1(F)CN(C(=O)O)C1. The number of carbonyl (C=O) groups excluding carboxylic acids is 1. The van der Waals surface area contributed by atoms with E-state index >= 15 is 0 Å². The summed E-state index contributed by atoms with van der Waals surface area (Å²) in [5.74, 6) is -0.863. The van der Waals surface area contributed by atoms with Crippen molar-refractivity contribution in [1.82, 2.24) is 9.96 Å². The highest BCUT2D eigenvalue weighted by atomic mass is 19.1. The molecule has 0 aromatic rings. The van der Waals surface area contributed by atoms with E-state index in [1.165, 1.54) is 14.2 Å². The van der Waals surface area contributed by atoms with Crippen LogP contribution in [0.1, 0.15) is 0 Å². The lowest BCUT2D eigenvalue weighted by Gasteiger charge is -2.42. The summed E-state index contributed by atoms with van der Waals surface area (Å²) in [5.41, 5.74) is -2.14. The van der Waals surface area contributed by atoms with Crippen molar-refractivity contribution in [3.63, 3.8) is 0 Å². The Kier molecular flexibility index (Phi) is 2.61. The number of alkyl halides is 1. The van der Waals surface area contributed by atoms with Gasteiger partial charge < -0.3 is 10.0 Å². The normalized spacial score (nSPS) is 18.6. The van der Waals surface area contributed by atoms with Gasteiger partial charge in [-0.25, -0.2) is 14.2 Å². The molecule has 1 heterocycles. The standard InChI is InChI=1S/C7H11FN2O4/c1-9(14-2)5(11)7(8)3-10(4-7)6(12)13/h3-4H2,1-2H3,(H,12,13). The van der Waals surface area contributed by atoms with Crippen molar-refractivity contribution in [2.75, 3.05) is 27.2 Å². The highest BCUT2D eigenvalue weighted by Crippen LogP contribution is 2.27. The van der Waals surface area contributed by atoms with E-state index in [-0.39, 0.29) is 0 Å².